The van der Waals surface area contributed by atoms with Crippen molar-refractivity contribution in [2.24, 2.45) is 5.92 Å². The van der Waals surface area contributed by atoms with Gasteiger partial charge in [-0.2, -0.15) is 0 Å². The Morgan fingerprint density at radius 1 is 1.15 bits per heavy atom. The van der Waals surface area contributed by atoms with E-state index >= 15 is 0 Å². The van der Waals surface area contributed by atoms with Crippen LogP contribution < -0.4 is 5.32 Å². The lowest BCUT2D eigenvalue weighted by molar-refractivity contribution is 0.443. The Hall–Kier alpha value is -0.990. The second-order valence-electron chi connectivity index (χ2n) is 6.04. The summed E-state index contributed by atoms with van der Waals surface area (Å²) in [4.78, 5) is 0. The fraction of sp³-hybridized carbons (Fsp3) is 0.529. The number of rotatable bonds is 7. The van der Waals surface area contributed by atoms with Crippen molar-refractivity contribution >= 4 is 22.5 Å². The van der Waals surface area contributed by atoms with E-state index in [9.17, 15) is 0 Å². The summed E-state index contributed by atoms with van der Waals surface area (Å²) in [5.41, 5.74) is 1.22. The molecule has 1 unspecified atom stereocenters. The molecule has 20 heavy (non-hydrogen) atoms. The molecule has 0 saturated carbocycles. The molecule has 0 aliphatic heterocycles. The predicted molar refractivity (Wildman–Crippen MR) is 88.5 cm³/mol. The van der Waals surface area contributed by atoms with Gasteiger partial charge in [0.2, 0.25) is 0 Å². The van der Waals surface area contributed by atoms with Crippen molar-refractivity contribution in [3.8, 4) is 0 Å². The SMILES string of the molecule is CC(C)CCC(C)NCCn1ccc2ccc(Cl)cc21. The van der Waals surface area contributed by atoms with E-state index in [1.165, 1.54) is 23.7 Å². The van der Waals surface area contributed by atoms with E-state index in [4.69, 9.17) is 11.6 Å². The molecule has 0 aliphatic rings. The van der Waals surface area contributed by atoms with Crippen molar-refractivity contribution in [2.45, 2.75) is 46.2 Å². The number of fused-ring (bicyclic) bond motifs is 1. The highest BCUT2D eigenvalue weighted by Crippen LogP contribution is 2.20. The van der Waals surface area contributed by atoms with Crippen LogP contribution in [-0.4, -0.2) is 17.2 Å². The summed E-state index contributed by atoms with van der Waals surface area (Å²) in [6.45, 7) is 8.81. The lowest BCUT2D eigenvalue weighted by atomic mass is 10.0. The molecular formula is C17H25ClN2. The van der Waals surface area contributed by atoms with E-state index in [-0.39, 0.29) is 0 Å². The molecule has 1 heterocycles. The summed E-state index contributed by atoms with van der Waals surface area (Å²) in [5, 5.41) is 5.66. The van der Waals surface area contributed by atoms with Crippen LogP contribution in [0, 0.1) is 5.92 Å². The third-order valence-corrected chi connectivity index (χ3v) is 3.99. The predicted octanol–water partition coefficient (Wildman–Crippen LogP) is 4.71. The summed E-state index contributed by atoms with van der Waals surface area (Å²) in [6, 6.07) is 8.79. The minimum atomic E-state index is 0.586. The van der Waals surface area contributed by atoms with E-state index in [1.54, 1.807) is 0 Å². The van der Waals surface area contributed by atoms with Crippen LogP contribution in [0.3, 0.4) is 0 Å². The zero-order chi connectivity index (χ0) is 14.5. The first kappa shape index (κ1) is 15.4. The van der Waals surface area contributed by atoms with Crippen molar-refractivity contribution in [3.05, 3.63) is 35.5 Å². The molecule has 2 aromatic rings. The Bertz CT molecular complexity index is 545. The molecule has 1 aromatic heterocycles. The fourth-order valence-corrected chi connectivity index (χ4v) is 2.64. The van der Waals surface area contributed by atoms with Crippen LogP contribution in [0.1, 0.15) is 33.6 Å². The molecule has 0 saturated heterocycles. The van der Waals surface area contributed by atoms with Crippen molar-refractivity contribution in [3.63, 3.8) is 0 Å². The van der Waals surface area contributed by atoms with Crippen LogP contribution in [0.2, 0.25) is 5.02 Å². The van der Waals surface area contributed by atoms with Gasteiger partial charge in [-0.05, 0) is 49.3 Å². The second kappa shape index (κ2) is 7.14. The highest BCUT2D eigenvalue weighted by molar-refractivity contribution is 6.31. The van der Waals surface area contributed by atoms with Crippen molar-refractivity contribution in [2.75, 3.05) is 6.54 Å². The number of halogens is 1. The summed E-state index contributed by atoms with van der Waals surface area (Å²) >= 11 is 6.07. The standard InChI is InChI=1S/C17H25ClN2/c1-13(2)4-5-14(3)19-9-11-20-10-8-15-6-7-16(18)12-17(15)20/h6-8,10,12-14,19H,4-5,9,11H2,1-3H3. The lowest BCUT2D eigenvalue weighted by Crippen LogP contribution is -2.29. The molecule has 3 heteroatoms. The van der Waals surface area contributed by atoms with Crippen LogP contribution >= 0.6 is 11.6 Å². The maximum atomic E-state index is 6.07. The number of nitrogens with zero attached hydrogens (tertiary/aromatic N) is 1. The first-order valence-electron chi connectivity index (χ1n) is 7.54. The van der Waals surface area contributed by atoms with E-state index < -0.39 is 0 Å². The molecule has 0 bridgehead atoms. The average molecular weight is 293 g/mol. The lowest BCUT2D eigenvalue weighted by Gasteiger charge is -2.15. The Balaban J connectivity index is 1.85. The third kappa shape index (κ3) is 4.26. The number of nitrogens with one attached hydrogen (secondary N) is 1. The molecular weight excluding hydrogens is 268 g/mol. The number of hydrogen-bond donors (Lipinski definition) is 1. The van der Waals surface area contributed by atoms with Gasteiger partial charge in [0.25, 0.3) is 0 Å². The first-order valence-corrected chi connectivity index (χ1v) is 7.92. The average Bonchev–Trinajstić information content (AvgIpc) is 2.79. The minimum absolute atomic E-state index is 0.586. The van der Waals surface area contributed by atoms with Gasteiger partial charge in [-0.15, -0.1) is 0 Å². The van der Waals surface area contributed by atoms with Gasteiger partial charge in [-0.1, -0.05) is 31.5 Å². The fourth-order valence-electron chi connectivity index (χ4n) is 2.47. The maximum absolute atomic E-state index is 6.07. The van der Waals surface area contributed by atoms with E-state index in [1.807, 2.05) is 12.1 Å². The van der Waals surface area contributed by atoms with E-state index in [0.29, 0.717) is 6.04 Å². The van der Waals surface area contributed by atoms with Gasteiger partial charge < -0.3 is 9.88 Å². The molecule has 0 amide bonds. The molecule has 0 spiro atoms. The normalized spacial score (nSPS) is 13.2. The van der Waals surface area contributed by atoms with Crippen LogP contribution in [-0.2, 0) is 6.54 Å². The van der Waals surface area contributed by atoms with E-state index in [2.05, 4.69) is 49.0 Å². The quantitative estimate of drug-likeness (QED) is 0.782. The molecule has 0 radical (unpaired) electrons. The van der Waals surface area contributed by atoms with Crippen LogP contribution in [0.25, 0.3) is 10.9 Å². The monoisotopic (exact) mass is 292 g/mol. The maximum Gasteiger partial charge on any atom is 0.0495 e. The first-order chi connectivity index (χ1) is 9.56. The highest BCUT2D eigenvalue weighted by Gasteiger charge is 2.04. The molecule has 0 aliphatic carbocycles. The van der Waals surface area contributed by atoms with Gasteiger partial charge >= 0.3 is 0 Å². The molecule has 110 valence electrons. The van der Waals surface area contributed by atoms with Crippen LogP contribution in [0.4, 0.5) is 0 Å². The summed E-state index contributed by atoms with van der Waals surface area (Å²) in [5.74, 6) is 0.787. The van der Waals surface area contributed by atoms with Gasteiger partial charge in [-0.3, -0.25) is 0 Å². The van der Waals surface area contributed by atoms with Crippen LogP contribution in [0.15, 0.2) is 30.5 Å². The van der Waals surface area contributed by atoms with Gasteiger partial charge in [0, 0.05) is 35.9 Å². The van der Waals surface area contributed by atoms with Crippen LogP contribution in [0.5, 0.6) is 0 Å². The number of hydrogen-bond acceptors (Lipinski definition) is 1. The highest BCUT2D eigenvalue weighted by atomic mass is 35.5. The smallest absolute Gasteiger partial charge is 0.0495 e. The molecule has 1 aromatic carbocycles. The summed E-state index contributed by atoms with van der Waals surface area (Å²) in [7, 11) is 0. The van der Waals surface area contributed by atoms with Gasteiger partial charge in [0.1, 0.15) is 0 Å². The largest absolute Gasteiger partial charge is 0.346 e. The summed E-state index contributed by atoms with van der Waals surface area (Å²) in [6.07, 6.45) is 4.67. The third-order valence-electron chi connectivity index (χ3n) is 3.76. The molecule has 1 atom stereocenters. The topological polar surface area (TPSA) is 17.0 Å². The molecule has 1 N–H and O–H groups in total. The van der Waals surface area contributed by atoms with Gasteiger partial charge in [0.05, 0.1) is 0 Å². The number of benzene rings is 1. The van der Waals surface area contributed by atoms with Crippen molar-refractivity contribution in [1.82, 2.24) is 9.88 Å². The van der Waals surface area contributed by atoms with Gasteiger partial charge in [0.15, 0.2) is 0 Å². The van der Waals surface area contributed by atoms with Crippen molar-refractivity contribution in [1.29, 1.82) is 0 Å². The van der Waals surface area contributed by atoms with Crippen molar-refractivity contribution < 1.29 is 0 Å². The Kier molecular flexibility index (Phi) is 5.50. The Morgan fingerprint density at radius 2 is 1.95 bits per heavy atom. The minimum Gasteiger partial charge on any atom is -0.346 e. The molecule has 2 rings (SSSR count). The van der Waals surface area contributed by atoms with E-state index in [0.717, 1.165) is 24.0 Å². The molecule has 0 fully saturated rings. The van der Waals surface area contributed by atoms with Gasteiger partial charge in [-0.25, -0.2) is 0 Å². The zero-order valence-corrected chi connectivity index (χ0v) is 13.5. The summed E-state index contributed by atoms with van der Waals surface area (Å²) < 4.78 is 2.27. The number of aromatic nitrogens is 1. The Labute approximate surface area is 127 Å². The molecule has 2 nitrogen and oxygen atoms in total. The Morgan fingerprint density at radius 3 is 2.70 bits per heavy atom. The zero-order valence-electron chi connectivity index (χ0n) is 12.7. The second-order valence-corrected chi connectivity index (χ2v) is 6.48.